The number of carbonyl (C=O) groups excluding carboxylic acids is 1. The van der Waals surface area contributed by atoms with Crippen molar-refractivity contribution >= 4 is 23.3 Å². The molecular weight excluding hydrogens is 248 g/mol. The van der Waals surface area contributed by atoms with E-state index in [1.54, 1.807) is 38.1 Å². The van der Waals surface area contributed by atoms with Gasteiger partial charge in [0, 0.05) is 0 Å². The van der Waals surface area contributed by atoms with Gasteiger partial charge in [-0.15, -0.1) is 0 Å². The highest BCUT2D eigenvalue weighted by molar-refractivity contribution is 5.85. The summed E-state index contributed by atoms with van der Waals surface area (Å²) in [6.07, 6.45) is 0. The van der Waals surface area contributed by atoms with E-state index < -0.39 is 18.0 Å². The number of nitrogens with zero attached hydrogens (tertiary/aromatic N) is 1. The van der Waals surface area contributed by atoms with Gasteiger partial charge in [-0.05, 0) is 26.0 Å². The zero-order valence-electron chi connectivity index (χ0n) is 11.0. The molecule has 0 bridgehead atoms. The Morgan fingerprint density at radius 3 is 2.58 bits per heavy atom. The van der Waals surface area contributed by atoms with E-state index in [0.717, 1.165) is 0 Å². The molecule has 0 fully saturated rings. The Morgan fingerprint density at radius 1 is 1.42 bits per heavy atom. The van der Waals surface area contributed by atoms with Crippen LogP contribution in [0.25, 0.3) is 0 Å². The number of hydrogen-bond donors (Lipinski definition) is 2. The third kappa shape index (κ3) is 3.87. The van der Waals surface area contributed by atoms with E-state index >= 15 is 0 Å². The monoisotopic (exact) mass is 266 g/mol. The van der Waals surface area contributed by atoms with Crippen LogP contribution in [0.1, 0.15) is 13.8 Å². The lowest BCUT2D eigenvalue weighted by molar-refractivity contribution is -0.144. The van der Waals surface area contributed by atoms with E-state index in [0.29, 0.717) is 11.4 Å². The number of para-hydroxylation sites is 2. The van der Waals surface area contributed by atoms with Gasteiger partial charge in [-0.25, -0.2) is 4.79 Å². The molecule has 0 radical (unpaired) electrons. The molecule has 104 valence electrons. The molecular formula is C13H18N2O4. The highest BCUT2D eigenvalue weighted by Crippen LogP contribution is 2.24. The van der Waals surface area contributed by atoms with E-state index in [-0.39, 0.29) is 13.2 Å². The number of nitrogens with two attached hydrogens (primary N) is 1. The molecule has 1 aromatic rings. The highest BCUT2D eigenvalue weighted by atomic mass is 16.5. The summed E-state index contributed by atoms with van der Waals surface area (Å²) in [5.41, 5.74) is 6.74. The van der Waals surface area contributed by atoms with Crippen LogP contribution in [0.5, 0.6) is 0 Å². The number of esters is 1. The lowest BCUT2D eigenvalue weighted by Gasteiger charge is -2.29. The van der Waals surface area contributed by atoms with E-state index in [1.807, 2.05) is 0 Å². The van der Waals surface area contributed by atoms with Crippen molar-refractivity contribution in [1.29, 1.82) is 0 Å². The van der Waals surface area contributed by atoms with Crippen molar-refractivity contribution in [3.05, 3.63) is 24.3 Å². The summed E-state index contributed by atoms with van der Waals surface area (Å²) in [5, 5.41) is 8.96. The van der Waals surface area contributed by atoms with Gasteiger partial charge in [0.15, 0.2) is 0 Å². The fraction of sp³-hybridized carbons (Fsp3) is 0.385. The number of carboxylic acids is 1. The maximum Gasteiger partial charge on any atom is 0.328 e. The molecule has 0 saturated carbocycles. The molecule has 0 aliphatic rings. The summed E-state index contributed by atoms with van der Waals surface area (Å²) >= 11 is 0. The number of carboxylic acid groups (broad SMARTS) is 1. The van der Waals surface area contributed by atoms with Gasteiger partial charge in [0.2, 0.25) is 0 Å². The summed E-state index contributed by atoms with van der Waals surface area (Å²) in [6, 6.07) is 6.09. The first kappa shape index (κ1) is 14.8. The fourth-order valence-electron chi connectivity index (χ4n) is 1.72. The fourth-order valence-corrected chi connectivity index (χ4v) is 1.72. The van der Waals surface area contributed by atoms with Crippen LogP contribution in [-0.2, 0) is 14.3 Å². The Bertz CT molecular complexity index is 462. The van der Waals surface area contributed by atoms with Crippen LogP contribution in [0, 0.1) is 0 Å². The standard InChI is InChI=1S/C13H18N2O4/c1-3-19-13(18)9(2)15(8-12(16)17)11-7-5-4-6-10(11)14/h4-7,9H,3,8,14H2,1-2H3,(H,16,17). The molecule has 0 amide bonds. The molecule has 0 aliphatic carbocycles. The van der Waals surface area contributed by atoms with Gasteiger partial charge in [0.05, 0.1) is 18.0 Å². The molecule has 3 N–H and O–H groups in total. The van der Waals surface area contributed by atoms with Gasteiger partial charge < -0.3 is 20.5 Å². The zero-order chi connectivity index (χ0) is 14.4. The molecule has 6 heteroatoms. The van der Waals surface area contributed by atoms with Gasteiger partial charge in [0.25, 0.3) is 0 Å². The molecule has 0 saturated heterocycles. The second-order valence-corrected chi connectivity index (χ2v) is 4.01. The Hall–Kier alpha value is -2.24. The predicted octanol–water partition coefficient (Wildman–Crippen LogP) is 1.11. The normalized spacial score (nSPS) is 11.7. The van der Waals surface area contributed by atoms with Crippen molar-refractivity contribution in [2.75, 3.05) is 23.8 Å². The molecule has 0 aliphatic heterocycles. The van der Waals surface area contributed by atoms with Crippen molar-refractivity contribution in [3.63, 3.8) is 0 Å². The summed E-state index contributed by atoms with van der Waals surface area (Å²) < 4.78 is 4.91. The van der Waals surface area contributed by atoms with Crippen molar-refractivity contribution < 1.29 is 19.4 Å². The first-order chi connectivity index (χ1) is 8.97. The van der Waals surface area contributed by atoms with E-state index in [1.165, 1.54) is 4.90 Å². The Balaban J connectivity index is 3.04. The van der Waals surface area contributed by atoms with Crippen LogP contribution in [0.4, 0.5) is 11.4 Å². The van der Waals surface area contributed by atoms with Gasteiger partial charge in [-0.1, -0.05) is 12.1 Å². The number of rotatable bonds is 6. The van der Waals surface area contributed by atoms with Crippen molar-refractivity contribution in [1.82, 2.24) is 0 Å². The van der Waals surface area contributed by atoms with Crippen LogP contribution in [0.15, 0.2) is 24.3 Å². The molecule has 1 unspecified atom stereocenters. The van der Waals surface area contributed by atoms with Gasteiger partial charge in [0.1, 0.15) is 12.6 Å². The van der Waals surface area contributed by atoms with E-state index in [2.05, 4.69) is 0 Å². The molecule has 0 heterocycles. The Kier molecular flexibility index (Phi) is 5.17. The SMILES string of the molecule is CCOC(=O)C(C)N(CC(=O)O)c1ccccc1N. The van der Waals surface area contributed by atoms with E-state index in [9.17, 15) is 9.59 Å². The minimum absolute atomic E-state index is 0.244. The Labute approximate surface area is 111 Å². The first-order valence-electron chi connectivity index (χ1n) is 5.97. The lowest BCUT2D eigenvalue weighted by atomic mass is 10.2. The minimum atomic E-state index is -1.04. The summed E-state index contributed by atoms with van der Waals surface area (Å²) in [5.74, 6) is -1.52. The number of aliphatic carboxylic acids is 1. The molecule has 1 aromatic carbocycles. The van der Waals surface area contributed by atoms with E-state index in [4.69, 9.17) is 15.6 Å². The molecule has 1 rings (SSSR count). The van der Waals surface area contributed by atoms with Gasteiger partial charge in [-0.3, -0.25) is 4.79 Å². The largest absolute Gasteiger partial charge is 0.480 e. The topological polar surface area (TPSA) is 92.9 Å². The third-order valence-electron chi connectivity index (χ3n) is 2.65. The molecule has 0 spiro atoms. The summed E-state index contributed by atoms with van der Waals surface area (Å²) in [6.45, 7) is 3.21. The smallest absolute Gasteiger partial charge is 0.328 e. The average Bonchev–Trinajstić information content (AvgIpc) is 2.36. The highest BCUT2D eigenvalue weighted by Gasteiger charge is 2.25. The van der Waals surface area contributed by atoms with Gasteiger partial charge >= 0.3 is 11.9 Å². The summed E-state index contributed by atoms with van der Waals surface area (Å²) in [7, 11) is 0. The molecule has 19 heavy (non-hydrogen) atoms. The molecule has 6 nitrogen and oxygen atoms in total. The van der Waals surface area contributed by atoms with Crippen molar-refractivity contribution in [3.8, 4) is 0 Å². The number of nitrogen functional groups attached to an aromatic ring is 1. The molecule has 0 aromatic heterocycles. The lowest BCUT2D eigenvalue weighted by Crippen LogP contribution is -2.43. The van der Waals surface area contributed by atoms with Gasteiger partial charge in [-0.2, -0.15) is 0 Å². The maximum absolute atomic E-state index is 11.8. The summed E-state index contributed by atoms with van der Waals surface area (Å²) in [4.78, 5) is 24.1. The second-order valence-electron chi connectivity index (χ2n) is 4.01. The Morgan fingerprint density at radius 2 is 2.05 bits per heavy atom. The maximum atomic E-state index is 11.8. The van der Waals surface area contributed by atoms with Crippen molar-refractivity contribution in [2.24, 2.45) is 0 Å². The zero-order valence-corrected chi connectivity index (χ0v) is 11.0. The van der Waals surface area contributed by atoms with Crippen LogP contribution < -0.4 is 10.6 Å². The minimum Gasteiger partial charge on any atom is -0.480 e. The third-order valence-corrected chi connectivity index (χ3v) is 2.65. The van der Waals surface area contributed by atoms with Crippen LogP contribution in [-0.4, -0.2) is 36.2 Å². The predicted molar refractivity (Wildman–Crippen MR) is 71.9 cm³/mol. The van der Waals surface area contributed by atoms with Crippen molar-refractivity contribution in [2.45, 2.75) is 19.9 Å². The first-order valence-corrected chi connectivity index (χ1v) is 5.97. The number of benzene rings is 1. The quantitative estimate of drug-likeness (QED) is 0.592. The van der Waals surface area contributed by atoms with Crippen LogP contribution in [0.2, 0.25) is 0 Å². The van der Waals surface area contributed by atoms with Crippen LogP contribution in [0.3, 0.4) is 0 Å². The molecule has 1 atom stereocenters. The number of anilines is 2. The number of carbonyl (C=O) groups is 2. The average molecular weight is 266 g/mol. The van der Waals surface area contributed by atoms with Crippen LogP contribution >= 0.6 is 0 Å². The number of ether oxygens (including phenoxy) is 1. The number of hydrogen-bond acceptors (Lipinski definition) is 5. The second kappa shape index (κ2) is 6.63.